The summed E-state index contributed by atoms with van der Waals surface area (Å²) in [6, 6.07) is 18.4. The highest BCUT2D eigenvalue weighted by atomic mass is 32.1. The zero-order valence-corrected chi connectivity index (χ0v) is 16.1. The van der Waals surface area contributed by atoms with Crippen LogP contribution in [0.5, 0.6) is 0 Å². The number of thiophene rings is 1. The minimum atomic E-state index is -0.421. The van der Waals surface area contributed by atoms with E-state index >= 15 is 0 Å². The first kappa shape index (κ1) is 18.9. The quantitative estimate of drug-likeness (QED) is 0.577. The minimum Gasteiger partial charge on any atom is -0.457 e. The van der Waals surface area contributed by atoms with Crippen molar-refractivity contribution >= 4 is 28.9 Å². The van der Waals surface area contributed by atoms with Crippen molar-refractivity contribution in [3.63, 3.8) is 0 Å². The second kappa shape index (κ2) is 8.64. The summed E-state index contributed by atoms with van der Waals surface area (Å²) in [7, 11) is 0. The predicted octanol–water partition coefficient (Wildman–Crippen LogP) is 5.48. The molecule has 1 N–H and O–H groups in total. The molecule has 0 aliphatic carbocycles. The summed E-state index contributed by atoms with van der Waals surface area (Å²) >= 11 is 1.37. The summed E-state index contributed by atoms with van der Waals surface area (Å²) in [6.07, 6.45) is 0. The van der Waals surface area contributed by atoms with E-state index in [9.17, 15) is 9.59 Å². The van der Waals surface area contributed by atoms with Gasteiger partial charge < -0.3 is 10.1 Å². The summed E-state index contributed by atoms with van der Waals surface area (Å²) < 4.78 is 5.40. The first-order valence-electron chi connectivity index (χ1n) is 8.74. The Morgan fingerprint density at radius 1 is 1.04 bits per heavy atom. The van der Waals surface area contributed by atoms with E-state index in [0.29, 0.717) is 22.0 Å². The molecule has 0 spiro atoms. The van der Waals surface area contributed by atoms with E-state index in [1.807, 2.05) is 23.6 Å². The lowest BCUT2D eigenvalue weighted by molar-refractivity contribution is 0.0472. The van der Waals surface area contributed by atoms with Gasteiger partial charge in [0, 0.05) is 5.69 Å². The van der Waals surface area contributed by atoms with Crippen LogP contribution < -0.4 is 5.32 Å². The van der Waals surface area contributed by atoms with Gasteiger partial charge >= 0.3 is 5.97 Å². The molecule has 3 aromatic rings. The Morgan fingerprint density at radius 3 is 2.48 bits per heavy atom. The van der Waals surface area contributed by atoms with Crippen LogP contribution in [0, 0.1) is 0 Å². The highest BCUT2D eigenvalue weighted by Gasteiger charge is 2.11. The van der Waals surface area contributed by atoms with Crippen molar-refractivity contribution < 1.29 is 14.3 Å². The van der Waals surface area contributed by atoms with Crippen molar-refractivity contribution in [3.8, 4) is 0 Å². The van der Waals surface area contributed by atoms with E-state index in [-0.39, 0.29) is 12.5 Å². The molecule has 1 aromatic heterocycles. The van der Waals surface area contributed by atoms with E-state index in [1.54, 1.807) is 30.3 Å². The fourth-order valence-corrected chi connectivity index (χ4v) is 3.17. The van der Waals surface area contributed by atoms with Crippen LogP contribution in [0.2, 0.25) is 0 Å². The lowest BCUT2D eigenvalue weighted by atomic mass is 10.0. The summed E-state index contributed by atoms with van der Waals surface area (Å²) in [5, 5.41) is 4.64. The smallest absolute Gasteiger partial charge is 0.338 e. The highest BCUT2D eigenvalue weighted by Crippen LogP contribution is 2.17. The molecule has 1 amide bonds. The molecular formula is C22H21NO3S. The van der Waals surface area contributed by atoms with Crippen molar-refractivity contribution in [2.75, 3.05) is 5.32 Å². The van der Waals surface area contributed by atoms with Crippen LogP contribution in [0.15, 0.2) is 66.0 Å². The average molecular weight is 379 g/mol. The third-order valence-corrected chi connectivity index (χ3v) is 4.99. The van der Waals surface area contributed by atoms with Gasteiger partial charge in [-0.25, -0.2) is 4.79 Å². The van der Waals surface area contributed by atoms with Crippen LogP contribution in [-0.2, 0) is 11.3 Å². The van der Waals surface area contributed by atoms with Gasteiger partial charge in [0.15, 0.2) is 0 Å². The molecule has 2 aromatic carbocycles. The van der Waals surface area contributed by atoms with E-state index in [4.69, 9.17) is 4.74 Å². The summed E-state index contributed by atoms with van der Waals surface area (Å²) in [4.78, 5) is 25.1. The van der Waals surface area contributed by atoms with Crippen LogP contribution in [0.1, 0.15) is 50.9 Å². The molecule has 0 fully saturated rings. The van der Waals surface area contributed by atoms with Crippen molar-refractivity contribution in [1.29, 1.82) is 0 Å². The fourth-order valence-electron chi connectivity index (χ4n) is 2.56. The number of rotatable bonds is 6. The molecule has 1 heterocycles. The number of esters is 1. The van der Waals surface area contributed by atoms with Crippen LogP contribution in [-0.4, -0.2) is 11.9 Å². The largest absolute Gasteiger partial charge is 0.457 e. The normalized spacial score (nSPS) is 10.6. The average Bonchev–Trinajstić information content (AvgIpc) is 3.21. The predicted molar refractivity (Wildman–Crippen MR) is 108 cm³/mol. The van der Waals surface area contributed by atoms with Crippen molar-refractivity contribution in [2.24, 2.45) is 0 Å². The molecule has 0 saturated carbocycles. The molecule has 0 saturated heterocycles. The molecule has 138 valence electrons. The Morgan fingerprint density at radius 2 is 1.81 bits per heavy atom. The van der Waals surface area contributed by atoms with Gasteiger partial charge in [-0.15, -0.1) is 11.3 Å². The third-order valence-electron chi connectivity index (χ3n) is 4.12. The third kappa shape index (κ3) is 5.05. The molecular weight excluding hydrogens is 358 g/mol. The highest BCUT2D eigenvalue weighted by molar-refractivity contribution is 7.12. The molecule has 3 rings (SSSR count). The molecule has 0 radical (unpaired) electrons. The maximum Gasteiger partial charge on any atom is 0.338 e. The van der Waals surface area contributed by atoms with Gasteiger partial charge in [0.2, 0.25) is 0 Å². The molecule has 4 nitrogen and oxygen atoms in total. The summed E-state index contributed by atoms with van der Waals surface area (Å²) in [5.74, 6) is -0.148. The molecule has 0 bridgehead atoms. The van der Waals surface area contributed by atoms with Crippen LogP contribution in [0.3, 0.4) is 0 Å². The molecule has 0 aliphatic rings. The van der Waals surface area contributed by atoms with Crippen molar-refractivity contribution in [3.05, 3.63) is 87.6 Å². The van der Waals surface area contributed by atoms with Gasteiger partial charge in [0.05, 0.1) is 10.4 Å². The van der Waals surface area contributed by atoms with E-state index in [2.05, 4.69) is 31.3 Å². The number of benzene rings is 2. The molecule has 5 heteroatoms. The first-order valence-corrected chi connectivity index (χ1v) is 9.62. The Kier molecular flexibility index (Phi) is 6.04. The van der Waals surface area contributed by atoms with Gasteiger partial charge in [-0.1, -0.05) is 50.2 Å². The second-order valence-electron chi connectivity index (χ2n) is 6.48. The summed E-state index contributed by atoms with van der Waals surface area (Å²) in [6.45, 7) is 4.49. The monoisotopic (exact) mass is 379 g/mol. The Hall–Kier alpha value is -2.92. The molecule has 0 atom stereocenters. The minimum absolute atomic E-state index is 0.194. The number of carbonyl (C=O) groups is 2. The van der Waals surface area contributed by atoms with Crippen molar-refractivity contribution in [1.82, 2.24) is 0 Å². The van der Waals surface area contributed by atoms with E-state index in [1.165, 1.54) is 16.9 Å². The van der Waals surface area contributed by atoms with Gasteiger partial charge in [0.1, 0.15) is 6.61 Å². The number of nitrogens with one attached hydrogen (secondary N) is 1. The van der Waals surface area contributed by atoms with Crippen molar-refractivity contribution in [2.45, 2.75) is 26.4 Å². The standard InChI is InChI=1S/C22H21NO3S/c1-15(2)17-10-8-16(9-11-17)14-26-22(25)18-5-3-6-19(13-18)23-21(24)20-7-4-12-27-20/h3-13,15H,14H2,1-2H3,(H,23,24). The number of ether oxygens (including phenoxy) is 1. The first-order chi connectivity index (χ1) is 13.0. The summed E-state index contributed by atoms with van der Waals surface area (Å²) in [5.41, 5.74) is 3.15. The van der Waals surface area contributed by atoms with Crippen LogP contribution in [0.25, 0.3) is 0 Å². The van der Waals surface area contributed by atoms with Crippen LogP contribution >= 0.6 is 11.3 Å². The molecule has 0 unspecified atom stereocenters. The molecule has 0 aliphatic heterocycles. The number of hydrogen-bond acceptors (Lipinski definition) is 4. The Bertz CT molecular complexity index is 915. The lowest BCUT2D eigenvalue weighted by Crippen LogP contribution is -2.11. The lowest BCUT2D eigenvalue weighted by Gasteiger charge is -2.09. The zero-order chi connectivity index (χ0) is 19.2. The van der Waals surface area contributed by atoms with E-state index < -0.39 is 5.97 Å². The van der Waals surface area contributed by atoms with E-state index in [0.717, 1.165) is 5.56 Å². The van der Waals surface area contributed by atoms with Crippen LogP contribution in [0.4, 0.5) is 5.69 Å². The SMILES string of the molecule is CC(C)c1ccc(COC(=O)c2cccc(NC(=O)c3cccs3)c2)cc1. The Balaban J connectivity index is 1.60. The van der Waals surface area contributed by atoms with Gasteiger partial charge in [0.25, 0.3) is 5.91 Å². The van der Waals surface area contributed by atoms with Gasteiger partial charge in [-0.3, -0.25) is 4.79 Å². The maximum absolute atomic E-state index is 12.3. The zero-order valence-electron chi connectivity index (χ0n) is 15.3. The van der Waals surface area contributed by atoms with Gasteiger partial charge in [-0.05, 0) is 46.7 Å². The second-order valence-corrected chi connectivity index (χ2v) is 7.43. The fraction of sp³-hybridized carbons (Fsp3) is 0.182. The number of hydrogen-bond donors (Lipinski definition) is 1. The van der Waals surface area contributed by atoms with Gasteiger partial charge in [-0.2, -0.15) is 0 Å². The number of amides is 1. The molecule has 27 heavy (non-hydrogen) atoms. The maximum atomic E-state index is 12.3. The number of carbonyl (C=O) groups excluding carboxylic acids is 2. The topological polar surface area (TPSA) is 55.4 Å². The number of anilines is 1. The Labute approximate surface area is 162 Å².